The second kappa shape index (κ2) is 9.56. The Hall–Kier alpha value is -2.86. The number of benzene rings is 2. The maximum absolute atomic E-state index is 12.9. The molecule has 6 heteroatoms. The zero-order chi connectivity index (χ0) is 20.8. The van der Waals surface area contributed by atoms with Crippen LogP contribution in [0.4, 0.5) is 5.69 Å². The predicted octanol–water partition coefficient (Wildman–Crippen LogP) is 3.77. The van der Waals surface area contributed by atoms with Gasteiger partial charge in [-0.2, -0.15) is 0 Å². The Kier molecular flexibility index (Phi) is 6.88. The molecule has 1 aliphatic rings. The number of carbonyl (C=O) groups is 2. The number of rotatable bonds is 9. The van der Waals surface area contributed by atoms with Crippen molar-refractivity contribution in [1.29, 1.82) is 0 Å². The lowest BCUT2D eigenvalue weighted by Crippen LogP contribution is -2.33. The van der Waals surface area contributed by atoms with Crippen LogP contribution in [0.15, 0.2) is 48.5 Å². The van der Waals surface area contributed by atoms with Gasteiger partial charge in [-0.1, -0.05) is 18.2 Å². The molecule has 1 N–H and O–H groups in total. The van der Waals surface area contributed by atoms with Gasteiger partial charge in [0.2, 0.25) is 0 Å². The van der Waals surface area contributed by atoms with Crippen LogP contribution in [-0.4, -0.2) is 55.0 Å². The first-order valence-electron chi connectivity index (χ1n) is 10.1. The van der Waals surface area contributed by atoms with Crippen LogP contribution in [0.2, 0.25) is 0 Å². The summed E-state index contributed by atoms with van der Waals surface area (Å²) in [5.41, 5.74) is 3.24. The lowest BCUT2D eigenvalue weighted by molar-refractivity contribution is 0.0721. The highest BCUT2D eigenvalue weighted by molar-refractivity contribution is 5.99. The fraction of sp³-hybridized carbons (Fsp3) is 0.391. The van der Waals surface area contributed by atoms with Crippen molar-refractivity contribution in [2.45, 2.75) is 26.4 Å². The molecule has 1 aliphatic heterocycles. The summed E-state index contributed by atoms with van der Waals surface area (Å²) in [6.45, 7) is 6.54. The molecule has 2 aromatic rings. The van der Waals surface area contributed by atoms with Gasteiger partial charge in [0.25, 0.3) is 11.8 Å². The number of nitrogens with one attached hydrogen (secondary N) is 1. The third kappa shape index (κ3) is 4.43. The summed E-state index contributed by atoms with van der Waals surface area (Å²) in [6.07, 6.45) is 0.533. The molecule has 0 bridgehead atoms. The zero-order valence-corrected chi connectivity index (χ0v) is 17.4. The molecule has 0 radical (unpaired) electrons. The van der Waals surface area contributed by atoms with Gasteiger partial charge in [-0.3, -0.25) is 9.59 Å². The van der Waals surface area contributed by atoms with Gasteiger partial charge in [0.05, 0.1) is 0 Å². The van der Waals surface area contributed by atoms with Gasteiger partial charge in [-0.05, 0) is 50.6 Å². The summed E-state index contributed by atoms with van der Waals surface area (Å²) in [5, 5.41) is 3.47. The second-order valence-corrected chi connectivity index (χ2v) is 7.03. The van der Waals surface area contributed by atoms with Gasteiger partial charge in [0, 0.05) is 55.7 Å². The minimum absolute atomic E-state index is 0.0301. The van der Waals surface area contributed by atoms with Gasteiger partial charge in [-0.15, -0.1) is 0 Å². The standard InChI is InChI=1S/C23H29N3O3/c1-4-25(5-2)22(27)17-11-13-18(14-12-17)24-21-19-9-6-7-10-20(19)23(28)26(21)15-8-16-29-3/h6-7,9-14,21,24H,4-5,8,15-16H2,1-3H3. The minimum Gasteiger partial charge on any atom is -0.385 e. The summed E-state index contributed by atoms with van der Waals surface area (Å²) in [5.74, 6) is 0.0617. The molecule has 1 unspecified atom stereocenters. The van der Waals surface area contributed by atoms with E-state index in [0.717, 1.165) is 23.2 Å². The summed E-state index contributed by atoms with van der Waals surface area (Å²) in [6, 6.07) is 15.2. The van der Waals surface area contributed by atoms with Crippen molar-refractivity contribution in [1.82, 2.24) is 9.80 Å². The van der Waals surface area contributed by atoms with Crippen molar-refractivity contribution in [2.75, 3.05) is 38.7 Å². The van der Waals surface area contributed by atoms with E-state index < -0.39 is 0 Å². The third-order valence-electron chi connectivity index (χ3n) is 5.29. The molecule has 1 atom stereocenters. The normalized spacial score (nSPS) is 15.3. The Balaban J connectivity index is 1.79. The van der Waals surface area contributed by atoms with E-state index in [4.69, 9.17) is 4.74 Å². The van der Waals surface area contributed by atoms with Crippen LogP contribution in [0, 0.1) is 0 Å². The molecule has 0 aliphatic carbocycles. The highest BCUT2D eigenvalue weighted by atomic mass is 16.5. The van der Waals surface area contributed by atoms with Gasteiger partial charge in [0.1, 0.15) is 6.17 Å². The first-order valence-corrected chi connectivity index (χ1v) is 10.1. The monoisotopic (exact) mass is 395 g/mol. The molecule has 0 saturated heterocycles. The number of hydrogen-bond donors (Lipinski definition) is 1. The van der Waals surface area contributed by atoms with E-state index in [0.29, 0.717) is 31.8 Å². The minimum atomic E-state index is -0.236. The van der Waals surface area contributed by atoms with Crippen LogP contribution in [0.1, 0.15) is 52.7 Å². The fourth-order valence-corrected chi connectivity index (χ4v) is 3.70. The number of methoxy groups -OCH3 is 1. The van der Waals surface area contributed by atoms with Crippen LogP contribution in [0.25, 0.3) is 0 Å². The highest BCUT2D eigenvalue weighted by Gasteiger charge is 2.36. The van der Waals surface area contributed by atoms with Crippen LogP contribution >= 0.6 is 0 Å². The Morgan fingerprint density at radius 3 is 2.45 bits per heavy atom. The second-order valence-electron chi connectivity index (χ2n) is 7.03. The van der Waals surface area contributed by atoms with E-state index in [-0.39, 0.29) is 18.0 Å². The molecule has 0 aromatic heterocycles. The average Bonchev–Trinajstić information content (AvgIpc) is 3.01. The predicted molar refractivity (Wildman–Crippen MR) is 114 cm³/mol. The van der Waals surface area contributed by atoms with E-state index in [9.17, 15) is 9.59 Å². The molecule has 0 spiro atoms. The number of ether oxygens (including phenoxy) is 1. The van der Waals surface area contributed by atoms with Crippen molar-refractivity contribution in [3.05, 3.63) is 65.2 Å². The molecule has 2 amide bonds. The number of carbonyl (C=O) groups excluding carboxylic acids is 2. The Labute approximate surface area is 172 Å². The van der Waals surface area contributed by atoms with E-state index in [2.05, 4.69) is 5.32 Å². The van der Waals surface area contributed by atoms with Crippen molar-refractivity contribution in [3.63, 3.8) is 0 Å². The van der Waals surface area contributed by atoms with E-state index >= 15 is 0 Å². The third-order valence-corrected chi connectivity index (χ3v) is 5.29. The lowest BCUT2D eigenvalue weighted by atomic mass is 10.1. The Morgan fingerprint density at radius 2 is 1.79 bits per heavy atom. The number of anilines is 1. The fourth-order valence-electron chi connectivity index (χ4n) is 3.70. The summed E-state index contributed by atoms with van der Waals surface area (Å²) in [7, 11) is 1.66. The van der Waals surface area contributed by atoms with Crippen LogP contribution in [0.3, 0.4) is 0 Å². The molecule has 2 aromatic carbocycles. The molecule has 154 valence electrons. The molecule has 3 rings (SSSR count). The molecule has 1 heterocycles. The van der Waals surface area contributed by atoms with Crippen molar-refractivity contribution >= 4 is 17.5 Å². The molecule has 29 heavy (non-hydrogen) atoms. The van der Waals surface area contributed by atoms with Crippen molar-refractivity contribution in [2.24, 2.45) is 0 Å². The molecular weight excluding hydrogens is 366 g/mol. The number of fused-ring (bicyclic) bond motifs is 1. The average molecular weight is 396 g/mol. The molecular formula is C23H29N3O3. The summed E-state index contributed by atoms with van der Waals surface area (Å²) >= 11 is 0. The van der Waals surface area contributed by atoms with E-state index in [1.165, 1.54) is 0 Å². The topological polar surface area (TPSA) is 61.9 Å². The van der Waals surface area contributed by atoms with Crippen molar-refractivity contribution in [3.8, 4) is 0 Å². The molecule has 0 saturated carbocycles. The largest absolute Gasteiger partial charge is 0.385 e. The maximum atomic E-state index is 12.9. The lowest BCUT2D eigenvalue weighted by Gasteiger charge is -2.27. The van der Waals surface area contributed by atoms with Crippen molar-refractivity contribution < 1.29 is 14.3 Å². The van der Waals surface area contributed by atoms with Gasteiger partial charge < -0.3 is 19.9 Å². The molecule has 0 fully saturated rings. The summed E-state index contributed by atoms with van der Waals surface area (Å²) in [4.78, 5) is 29.0. The number of amides is 2. The quantitative estimate of drug-likeness (QED) is 0.657. The number of hydrogen-bond acceptors (Lipinski definition) is 4. The SMILES string of the molecule is CCN(CC)C(=O)c1ccc(NC2c3ccccc3C(=O)N2CCCOC)cc1. The summed E-state index contributed by atoms with van der Waals surface area (Å²) < 4.78 is 5.15. The van der Waals surface area contributed by atoms with Gasteiger partial charge in [0.15, 0.2) is 0 Å². The van der Waals surface area contributed by atoms with Crippen LogP contribution < -0.4 is 5.32 Å². The van der Waals surface area contributed by atoms with Crippen LogP contribution in [-0.2, 0) is 4.74 Å². The van der Waals surface area contributed by atoms with E-state index in [1.807, 2.05) is 67.3 Å². The Morgan fingerprint density at radius 1 is 1.10 bits per heavy atom. The first-order chi connectivity index (χ1) is 14.1. The highest BCUT2D eigenvalue weighted by Crippen LogP contribution is 2.34. The van der Waals surface area contributed by atoms with Crippen LogP contribution in [0.5, 0.6) is 0 Å². The van der Waals surface area contributed by atoms with Gasteiger partial charge in [-0.25, -0.2) is 0 Å². The first kappa shape index (κ1) is 20.9. The van der Waals surface area contributed by atoms with E-state index in [1.54, 1.807) is 12.0 Å². The smallest absolute Gasteiger partial charge is 0.256 e. The number of nitrogens with zero attached hydrogens (tertiary/aromatic N) is 2. The zero-order valence-electron chi connectivity index (χ0n) is 17.4. The molecule has 6 nitrogen and oxygen atoms in total. The maximum Gasteiger partial charge on any atom is 0.256 e. The van der Waals surface area contributed by atoms with Gasteiger partial charge >= 0.3 is 0 Å². The Bertz CT molecular complexity index is 847.